The Morgan fingerprint density at radius 2 is 1.94 bits per heavy atom. The molecule has 2 aliphatic carbocycles. The Balaban J connectivity index is 1.64. The van der Waals surface area contributed by atoms with Crippen LogP contribution in [0.1, 0.15) is 87.0 Å². The van der Waals surface area contributed by atoms with E-state index in [2.05, 4.69) is 31.4 Å². The van der Waals surface area contributed by atoms with Crippen LogP contribution in [0, 0.1) is 11.3 Å². The number of carbonyl (C=O) groups excluding carboxylic acids is 1. The normalized spacial score (nSPS) is 19.8. The predicted molar refractivity (Wildman–Crippen MR) is 122 cm³/mol. The molecule has 2 aromatic heterocycles. The highest BCUT2D eigenvalue weighted by Crippen LogP contribution is 2.48. The maximum Gasteiger partial charge on any atom is 0.343 e. The van der Waals surface area contributed by atoms with Gasteiger partial charge < -0.3 is 14.0 Å². The smallest absolute Gasteiger partial charge is 0.343 e. The summed E-state index contributed by atoms with van der Waals surface area (Å²) in [6, 6.07) is 3.81. The summed E-state index contributed by atoms with van der Waals surface area (Å²) >= 11 is 0. The molecule has 170 valence electrons. The van der Waals surface area contributed by atoms with Crippen LogP contribution in [0.25, 0.3) is 11.4 Å². The Bertz CT molecular complexity index is 1120. The predicted octanol–water partition coefficient (Wildman–Crippen LogP) is 4.90. The minimum atomic E-state index is -0.568. The number of hydrogen-bond acceptors (Lipinski definition) is 5. The van der Waals surface area contributed by atoms with Crippen molar-refractivity contribution in [1.82, 2.24) is 9.55 Å². The summed E-state index contributed by atoms with van der Waals surface area (Å²) in [6.45, 7) is 9.30. The lowest BCUT2D eigenvalue weighted by atomic mass is 9.79. The average molecular weight is 437 g/mol. The van der Waals surface area contributed by atoms with Crippen molar-refractivity contribution in [2.45, 2.75) is 71.8 Å². The van der Waals surface area contributed by atoms with Crippen molar-refractivity contribution in [2.75, 3.05) is 13.2 Å². The van der Waals surface area contributed by atoms with Gasteiger partial charge in [0, 0.05) is 24.2 Å². The largest absolute Gasteiger partial charge is 0.491 e. The Morgan fingerprint density at radius 1 is 1.19 bits per heavy atom. The summed E-state index contributed by atoms with van der Waals surface area (Å²) in [6.07, 6.45) is 7.22. The number of carbonyl (C=O) groups is 1. The fourth-order valence-electron chi connectivity index (χ4n) is 4.57. The quantitative estimate of drug-likeness (QED) is 0.603. The van der Waals surface area contributed by atoms with Gasteiger partial charge in [0.15, 0.2) is 5.43 Å². The number of esters is 1. The van der Waals surface area contributed by atoms with Gasteiger partial charge in [0.25, 0.3) is 0 Å². The zero-order valence-corrected chi connectivity index (χ0v) is 19.4. The SMILES string of the molecule is CCOC(=O)c1cn2c(cc1=O)-c1nc(C3CC3)c(OCC3CC3)cc1C[C@H]2C(C)(C)C. The van der Waals surface area contributed by atoms with E-state index in [1.165, 1.54) is 12.8 Å². The lowest BCUT2D eigenvalue weighted by molar-refractivity contribution is 0.0523. The minimum Gasteiger partial charge on any atom is -0.491 e. The zero-order chi connectivity index (χ0) is 22.6. The van der Waals surface area contributed by atoms with Crippen molar-refractivity contribution in [3.63, 3.8) is 0 Å². The molecule has 5 rings (SSSR count). The molecule has 3 heterocycles. The number of nitrogens with zero attached hydrogens (tertiary/aromatic N) is 2. The number of fused-ring (bicyclic) bond motifs is 3. The van der Waals surface area contributed by atoms with Crippen LogP contribution in [0.2, 0.25) is 0 Å². The van der Waals surface area contributed by atoms with Crippen molar-refractivity contribution in [1.29, 1.82) is 0 Å². The number of aromatic nitrogens is 2. The molecule has 0 aromatic carbocycles. The third-order valence-electron chi connectivity index (χ3n) is 6.80. The summed E-state index contributed by atoms with van der Waals surface area (Å²) in [5, 5.41) is 0. The fourth-order valence-corrected chi connectivity index (χ4v) is 4.57. The minimum absolute atomic E-state index is 0.0728. The van der Waals surface area contributed by atoms with Crippen molar-refractivity contribution in [3.8, 4) is 17.1 Å². The van der Waals surface area contributed by atoms with Crippen molar-refractivity contribution >= 4 is 5.97 Å². The maximum atomic E-state index is 12.9. The van der Waals surface area contributed by atoms with Gasteiger partial charge in [0.1, 0.15) is 11.3 Å². The van der Waals surface area contributed by atoms with E-state index in [1.54, 1.807) is 19.2 Å². The molecule has 0 N–H and O–H groups in total. The Kier molecular flexibility index (Phi) is 5.14. The summed E-state index contributed by atoms with van der Waals surface area (Å²) in [5.74, 6) is 1.47. The molecule has 0 bridgehead atoms. The topological polar surface area (TPSA) is 70.4 Å². The van der Waals surface area contributed by atoms with Crippen molar-refractivity contribution in [2.24, 2.45) is 11.3 Å². The lowest BCUT2D eigenvalue weighted by Crippen LogP contribution is -2.33. The highest BCUT2D eigenvalue weighted by atomic mass is 16.5. The second-order valence-electron chi connectivity index (χ2n) is 10.6. The molecule has 0 unspecified atom stereocenters. The molecule has 6 nitrogen and oxygen atoms in total. The second-order valence-corrected chi connectivity index (χ2v) is 10.6. The summed E-state index contributed by atoms with van der Waals surface area (Å²) in [5.41, 5.74) is 3.44. The molecule has 3 aliphatic rings. The van der Waals surface area contributed by atoms with Gasteiger partial charge >= 0.3 is 5.97 Å². The van der Waals surface area contributed by atoms with Crippen LogP contribution < -0.4 is 10.2 Å². The van der Waals surface area contributed by atoms with Crippen LogP contribution in [-0.4, -0.2) is 28.7 Å². The third kappa shape index (κ3) is 3.96. The van der Waals surface area contributed by atoms with Gasteiger partial charge in [-0.3, -0.25) is 4.79 Å². The molecule has 0 saturated heterocycles. The van der Waals surface area contributed by atoms with Gasteiger partial charge in [0.05, 0.1) is 30.3 Å². The van der Waals surface area contributed by atoms with Crippen LogP contribution in [0.15, 0.2) is 23.1 Å². The lowest BCUT2D eigenvalue weighted by Gasteiger charge is -2.38. The molecule has 0 amide bonds. The molecule has 1 aliphatic heterocycles. The first kappa shape index (κ1) is 21.2. The van der Waals surface area contributed by atoms with E-state index < -0.39 is 5.97 Å². The zero-order valence-electron chi connectivity index (χ0n) is 19.4. The van der Waals surface area contributed by atoms with E-state index in [0.717, 1.165) is 54.3 Å². The molecule has 0 radical (unpaired) electrons. The fraction of sp³-hybridized carbons (Fsp3) is 0.577. The van der Waals surface area contributed by atoms with Gasteiger partial charge in [0.2, 0.25) is 0 Å². The van der Waals surface area contributed by atoms with Gasteiger partial charge in [-0.2, -0.15) is 0 Å². The Hall–Kier alpha value is -2.63. The number of ether oxygens (including phenoxy) is 2. The Labute approximate surface area is 189 Å². The van der Waals surface area contributed by atoms with Gasteiger partial charge in [-0.1, -0.05) is 20.8 Å². The molecule has 2 fully saturated rings. The summed E-state index contributed by atoms with van der Waals surface area (Å²) in [7, 11) is 0. The second kappa shape index (κ2) is 7.75. The van der Waals surface area contributed by atoms with Gasteiger partial charge in [-0.15, -0.1) is 0 Å². The van der Waals surface area contributed by atoms with E-state index in [0.29, 0.717) is 11.8 Å². The first-order chi connectivity index (χ1) is 15.3. The number of rotatable bonds is 6. The van der Waals surface area contributed by atoms with E-state index in [-0.39, 0.29) is 29.1 Å². The van der Waals surface area contributed by atoms with Crippen LogP contribution in [0.5, 0.6) is 5.75 Å². The monoisotopic (exact) mass is 436 g/mol. The first-order valence-corrected chi connectivity index (χ1v) is 11.9. The summed E-state index contributed by atoms with van der Waals surface area (Å²) in [4.78, 5) is 30.4. The highest BCUT2D eigenvalue weighted by molar-refractivity contribution is 5.89. The van der Waals surface area contributed by atoms with Crippen molar-refractivity contribution in [3.05, 3.63) is 45.4 Å². The van der Waals surface area contributed by atoms with Crippen LogP contribution in [0.4, 0.5) is 0 Å². The van der Waals surface area contributed by atoms with Crippen molar-refractivity contribution < 1.29 is 14.3 Å². The molecular weight excluding hydrogens is 404 g/mol. The summed E-state index contributed by atoms with van der Waals surface area (Å²) < 4.78 is 13.5. The molecular formula is C26H32N2O4. The third-order valence-corrected chi connectivity index (χ3v) is 6.80. The standard InChI is InChI=1S/C26H32N2O4/c1-5-31-25(30)18-13-28-19(12-20(18)29)23-17(11-22(28)26(2,3)4)10-21(32-14-15-6-7-15)24(27-23)16-8-9-16/h10,12-13,15-16,22H,5-9,11,14H2,1-4H3/t22-/m0/s1. The van der Waals surface area contributed by atoms with E-state index >= 15 is 0 Å². The van der Waals surface area contributed by atoms with Crippen LogP contribution in [0.3, 0.4) is 0 Å². The molecule has 1 atom stereocenters. The Morgan fingerprint density at radius 3 is 2.56 bits per heavy atom. The molecule has 2 aromatic rings. The molecule has 32 heavy (non-hydrogen) atoms. The first-order valence-electron chi connectivity index (χ1n) is 11.9. The van der Waals surface area contributed by atoms with Crippen LogP contribution >= 0.6 is 0 Å². The van der Waals surface area contributed by atoms with Crippen LogP contribution in [-0.2, 0) is 11.2 Å². The molecule has 0 spiro atoms. The number of hydrogen-bond donors (Lipinski definition) is 0. The average Bonchev–Trinajstić information content (AvgIpc) is 3.64. The highest BCUT2D eigenvalue weighted by Gasteiger charge is 2.37. The molecule has 6 heteroatoms. The van der Waals surface area contributed by atoms with E-state index in [9.17, 15) is 9.59 Å². The number of pyridine rings is 2. The van der Waals surface area contributed by atoms with E-state index in [1.807, 2.05) is 0 Å². The van der Waals surface area contributed by atoms with Gasteiger partial charge in [-0.05, 0) is 62.0 Å². The molecule has 2 saturated carbocycles. The van der Waals surface area contributed by atoms with Gasteiger partial charge in [-0.25, -0.2) is 9.78 Å². The van der Waals surface area contributed by atoms with E-state index in [4.69, 9.17) is 14.5 Å². The maximum absolute atomic E-state index is 12.9.